The van der Waals surface area contributed by atoms with Gasteiger partial charge in [0, 0.05) is 36.6 Å². The van der Waals surface area contributed by atoms with Gasteiger partial charge in [0.1, 0.15) is 11.4 Å². The van der Waals surface area contributed by atoms with Crippen molar-refractivity contribution in [1.29, 1.82) is 0 Å². The number of carbonyl (C=O) groups excluding carboxylic acids is 1. The Bertz CT molecular complexity index is 1220. The van der Waals surface area contributed by atoms with Gasteiger partial charge in [0.05, 0.1) is 5.69 Å². The summed E-state index contributed by atoms with van der Waals surface area (Å²) in [7, 11) is 0. The molecule has 0 aliphatic carbocycles. The molecule has 1 amide bonds. The largest absolute Gasteiger partial charge is 0.439 e. The number of amides is 1. The van der Waals surface area contributed by atoms with E-state index in [2.05, 4.69) is 10.3 Å². The van der Waals surface area contributed by atoms with Gasteiger partial charge in [-0.05, 0) is 61.2 Å². The molecule has 3 aromatic rings. The number of anilines is 1. The lowest BCUT2D eigenvalue weighted by Gasteiger charge is -2.15. The average Bonchev–Trinajstić information content (AvgIpc) is 2.88. The molecule has 0 unspecified atom stereocenters. The summed E-state index contributed by atoms with van der Waals surface area (Å²) in [4.78, 5) is 16.0. The number of hydrogen-bond donors (Lipinski definition) is 4. The quantitative estimate of drug-likeness (QED) is 0.169. The van der Waals surface area contributed by atoms with Gasteiger partial charge in [0.15, 0.2) is 0 Å². The fraction of sp³-hybridized carbons (Fsp3) is 0.231. The Labute approximate surface area is 212 Å². The number of hydrazine groups is 1. The van der Waals surface area contributed by atoms with Crippen LogP contribution in [0.1, 0.15) is 40.9 Å². The molecule has 0 fully saturated rings. The molecule has 0 spiro atoms. The number of pyridine rings is 1. The van der Waals surface area contributed by atoms with Crippen LogP contribution in [0.4, 0.5) is 18.9 Å². The van der Waals surface area contributed by atoms with Gasteiger partial charge in [-0.1, -0.05) is 24.3 Å². The van der Waals surface area contributed by atoms with E-state index in [4.69, 9.17) is 22.0 Å². The smallest absolute Gasteiger partial charge is 0.433 e. The maximum Gasteiger partial charge on any atom is 0.433 e. The van der Waals surface area contributed by atoms with Crippen LogP contribution in [0.3, 0.4) is 0 Å². The standard InChI is InChI=1S/C26H29F3N6O2/c27-26(28,29)23-13-18(16-30)14-24(34-23)37-22-11-6-7-19(15-22)25(36)33-12-5-4-8-20(31)17-35(32)21-9-2-1-3-10-21/h1-3,6-7,9-11,13-15,17H,4-5,8,12,16,30-32H2,(H,33,36)/b20-17-. The van der Waals surface area contributed by atoms with E-state index in [0.29, 0.717) is 30.6 Å². The number of unbranched alkanes of at least 4 members (excludes halogenated alkanes) is 1. The highest BCUT2D eigenvalue weighted by Gasteiger charge is 2.33. The molecule has 37 heavy (non-hydrogen) atoms. The summed E-state index contributed by atoms with van der Waals surface area (Å²) in [6.45, 7) is 0.306. The van der Waals surface area contributed by atoms with Crippen molar-refractivity contribution >= 4 is 11.6 Å². The number of carbonyl (C=O) groups is 1. The van der Waals surface area contributed by atoms with Crippen LogP contribution in [0.5, 0.6) is 11.6 Å². The Balaban J connectivity index is 1.50. The lowest BCUT2D eigenvalue weighted by Crippen LogP contribution is -2.26. The van der Waals surface area contributed by atoms with Crippen molar-refractivity contribution in [3.8, 4) is 11.6 Å². The summed E-state index contributed by atoms with van der Waals surface area (Å²) in [6.07, 6.45) is -0.956. The van der Waals surface area contributed by atoms with Crippen molar-refractivity contribution in [3.63, 3.8) is 0 Å². The van der Waals surface area contributed by atoms with Crippen molar-refractivity contribution in [1.82, 2.24) is 10.3 Å². The molecule has 1 aromatic heterocycles. The number of nitrogens with zero attached hydrogens (tertiary/aromatic N) is 2. The van der Waals surface area contributed by atoms with E-state index < -0.39 is 11.9 Å². The molecular formula is C26H29F3N6O2. The van der Waals surface area contributed by atoms with Crippen molar-refractivity contribution < 1.29 is 22.7 Å². The van der Waals surface area contributed by atoms with Crippen LogP contribution in [0.15, 0.2) is 78.6 Å². The molecule has 0 saturated heterocycles. The number of hydrogen-bond acceptors (Lipinski definition) is 7. The average molecular weight is 515 g/mol. The second-order valence-corrected chi connectivity index (χ2v) is 8.19. The van der Waals surface area contributed by atoms with E-state index in [0.717, 1.165) is 18.2 Å². The van der Waals surface area contributed by atoms with Gasteiger partial charge in [-0.3, -0.25) is 9.80 Å². The Morgan fingerprint density at radius 3 is 2.51 bits per heavy atom. The molecule has 0 aliphatic heterocycles. The highest BCUT2D eigenvalue weighted by atomic mass is 19.4. The van der Waals surface area contributed by atoms with Gasteiger partial charge in [0.2, 0.25) is 5.88 Å². The van der Waals surface area contributed by atoms with Crippen molar-refractivity contribution in [2.45, 2.75) is 32.0 Å². The van der Waals surface area contributed by atoms with Crippen LogP contribution >= 0.6 is 0 Å². The van der Waals surface area contributed by atoms with Gasteiger partial charge in [-0.25, -0.2) is 10.8 Å². The van der Waals surface area contributed by atoms with E-state index in [1.165, 1.54) is 23.2 Å². The zero-order valence-electron chi connectivity index (χ0n) is 20.0. The van der Waals surface area contributed by atoms with E-state index in [1.807, 2.05) is 30.3 Å². The predicted molar refractivity (Wildman–Crippen MR) is 135 cm³/mol. The number of nitrogens with two attached hydrogens (primary N) is 3. The monoisotopic (exact) mass is 514 g/mol. The summed E-state index contributed by atoms with van der Waals surface area (Å²) in [5.74, 6) is 5.55. The molecule has 0 bridgehead atoms. The highest BCUT2D eigenvalue weighted by Crippen LogP contribution is 2.31. The topological polar surface area (TPSA) is 133 Å². The van der Waals surface area contributed by atoms with E-state index >= 15 is 0 Å². The summed E-state index contributed by atoms with van der Waals surface area (Å²) in [6, 6.07) is 17.7. The first-order valence-electron chi connectivity index (χ1n) is 11.5. The minimum absolute atomic E-state index is 0.108. The Kier molecular flexibility index (Phi) is 9.47. The third kappa shape index (κ3) is 8.51. The molecule has 0 radical (unpaired) electrons. The van der Waals surface area contributed by atoms with Gasteiger partial charge < -0.3 is 21.5 Å². The molecule has 11 heteroatoms. The molecule has 3 rings (SSSR count). The third-order valence-electron chi connectivity index (χ3n) is 5.24. The number of rotatable bonds is 11. The van der Waals surface area contributed by atoms with Crippen LogP contribution in [-0.4, -0.2) is 17.4 Å². The maximum absolute atomic E-state index is 13.1. The lowest BCUT2D eigenvalue weighted by atomic mass is 10.1. The number of para-hydroxylation sites is 1. The second-order valence-electron chi connectivity index (χ2n) is 8.19. The number of benzene rings is 2. The molecular weight excluding hydrogens is 485 g/mol. The van der Waals surface area contributed by atoms with Gasteiger partial charge in [-0.2, -0.15) is 13.2 Å². The molecule has 0 atom stereocenters. The van der Waals surface area contributed by atoms with Crippen molar-refractivity contribution in [2.75, 3.05) is 11.6 Å². The summed E-state index contributed by atoms with van der Waals surface area (Å²) < 4.78 is 44.8. The fourth-order valence-corrected chi connectivity index (χ4v) is 3.37. The molecule has 196 valence electrons. The SMILES string of the molecule is NCc1cc(Oc2cccc(C(=O)NCCCC/C(N)=C/N(N)c3ccccc3)c2)nc(C(F)(F)F)c1. The molecule has 0 saturated carbocycles. The molecule has 1 heterocycles. The van der Waals surface area contributed by atoms with E-state index in [1.54, 1.807) is 18.3 Å². The highest BCUT2D eigenvalue weighted by molar-refractivity contribution is 5.94. The summed E-state index contributed by atoms with van der Waals surface area (Å²) >= 11 is 0. The zero-order valence-corrected chi connectivity index (χ0v) is 20.0. The maximum atomic E-state index is 13.1. The van der Waals surface area contributed by atoms with Crippen LogP contribution < -0.4 is 32.4 Å². The van der Waals surface area contributed by atoms with E-state index in [9.17, 15) is 18.0 Å². The number of nitrogens with one attached hydrogen (secondary N) is 1. The number of allylic oxidation sites excluding steroid dienone is 1. The minimum Gasteiger partial charge on any atom is -0.439 e. The summed E-state index contributed by atoms with van der Waals surface area (Å²) in [5, 5.41) is 4.26. The lowest BCUT2D eigenvalue weighted by molar-refractivity contribution is -0.141. The van der Waals surface area contributed by atoms with Crippen molar-refractivity contribution in [2.24, 2.45) is 17.3 Å². The van der Waals surface area contributed by atoms with Gasteiger partial charge in [0.25, 0.3) is 5.91 Å². The zero-order chi connectivity index (χ0) is 26.8. The number of alkyl halides is 3. The number of aromatic nitrogens is 1. The first-order chi connectivity index (χ1) is 17.7. The summed E-state index contributed by atoms with van der Waals surface area (Å²) in [5.41, 5.74) is 12.4. The minimum atomic E-state index is -4.64. The van der Waals surface area contributed by atoms with E-state index in [-0.39, 0.29) is 29.6 Å². The second kappa shape index (κ2) is 12.7. The molecule has 8 nitrogen and oxygen atoms in total. The van der Waals surface area contributed by atoms with Gasteiger partial charge >= 0.3 is 6.18 Å². The van der Waals surface area contributed by atoms with Crippen LogP contribution in [-0.2, 0) is 12.7 Å². The normalized spacial score (nSPS) is 11.8. The van der Waals surface area contributed by atoms with Crippen LogP contribution in [0.25, 0.3) is 0 Å². The molecule has 7 N–H and O–H groups in total. The molecule has 2 aromatic carbocycles. The van der Waals surface area contributed by atoms with Crippen LogP contribution in [0.2, 0.25) is 0 Å². The molecule has 0 aliphatic rings. The third-order valence-corrected chi connectivity index (χ3v) is 5.24. The number of ether oxygens (including phenoxy) is 1. The van der Waals surface area contributed by atoms with Crippen molar-refractivity contribution in [3.05, 3.63) is 95.4 Å². The first kappa shape index (κ1) is 27.5. The Hall–Kier alpha value is -4.09. The fourth-order valence-electron chi connectivity index (χ4n) is 3.37. The Morgan fingerprint density at radius 1 is 1.05 bits per heavy atom. The predicted octanol–water partition coefficient (Wildman–Crippen LogP) is 4.43. The van der Waals surface area contributed by atoms with Gasteiger partial charge in [-0.15, -0.1) is 0 Å². The van der Waals surface area contributed by atoms with Crippen LogP contribution in [0, 0.1) is 0 Å². The Morgan fingerprint density at radius 2 is 1.81 bits per heavy atom. The first-order valence-corrected chi connectivity index (χ1v) is 11.5. The number of halogens is 3.